The first-order valence-electron chi connectivity index (χ1n) is 6.34. The third kappa shape index (κ3) is 2.74. The highest BCUT2D eigenvalue weighted by Crippen LogP contribution is 2.20. The Morgan fingerprint density at radius 3 is 2.74 bits per heavy atom. The number of nitrogens with zero attached hydrogens (tertiary/aromatic N) is 3. The van der Waals surface area contributed by atoms with Crippen LogP contribution in [0.25, 0.3) is 0 Å². The largest absolute Gasteiger partial charge is 0.467 e. The maximum absolute atomic E-state index is 9.33. The summed E-state index contributed by atoms with van der Waals surface area (Å²) in [6.07, 6.45) is 3.17. The van der Waals surface area contributed by atoms with Crippen molar-refractivity contribution >= 4 is 5.82 Å². The van der Waals surface area contributed by atoms with Crippen molar-refractivity contribution in [1.82, 2.24) is 10.2 Å². The minimum absolute atomic E-state index is 0.491. The van der Waals surface area contributed by atoms with E-state index in [-0.39, 0.29) is 0 Å². The lowest BCUT2D eigenvalue weighted by Crippen LogP contribution is -2.09. The second-order valence-electron chi connectivity index (χ2n) is 4.10. The van der Waals surface area contributed by atoms with Crippen molar-refractivity contribution in [2.75, 3.05) is 5.32 Å². The molecular weight excluding hydrogens is 240 g/mol. The second-order valence-corrected chi connectivity index (χ2v) is 4.10. The SMILES string of the molecule is CCc1nnc(NCc2ccco2)c(C#N)c1CC. The van der Waals surface area contributed by atoms with Crippen LogP contribution >= 0.6 is 0 Å². The summed E-state index contributed by atoms with van der Waals surface area (Å²) in [6, 6.07) is 5.92. The highest BCUT2D eigenvalue weighted by molar-refractivity contribution is 5.56. The van der Waals surface area contributed by atoms with Crippen molar-refractivity contribution < 1.29 is 4.42 Å². The molecule has 0 atom stereocenters. The summed E-state index contributed by atoms with van der Waals surface area (Å²) in [5, 5.41) is 20.7. The van der Waals surface area contributed by atoms with Crippen molar-refractivity contribution in [2.24, 2.45) is 0 Å². The maximum atomic E-state index is 9.33. The Morgan fingerprint density at radius 2 is 2.16 bits per heavy atom. The summed E-state index contributed by atoms with van der Waals surface area (Å²) < 4.78 is 5.24. The van der Waals surface area contributed by atoms with Gasteiger partial charge in [-0.3, -0.25) is 0 Å². The van der Waals surface area contributed by atoms with Gasteiger partial charge in [-0.25, -0.2) is 0 Å². The lowest BCUT2D eigenvalue weighted by Gasteiger charge is -2.11. The summed E-state index contributed by atoms with van der Waals surface area (Å²) in [4.78, 5) is 0. The summed E-state index contributed by atoms with van der Waals surface area (Å²) in [6.45, 7) is 4.53. The number of anilines is 1. The Labute approximate surface area is 112 Å². The molecule has 19 heavy (non-hydrogen) atoms. The van der Waals surface area contributed by atoms with E-state index in [1.165, 1.54) is 0 Å². The molecule has 0 aliphatic heterocycles. The van der Waals surface area contributed by atoms with E-state index in [2.05, 4.69) is 21.6 Å². The molecule has 1 N–H and O–H groups in total. The fraction of sp³-hybridized carbons (Fsp3) is 0.357. The Bertz CT molecular complexity index is 584. The van der Waals surface area contributed by atoms with Gasteiger partial charge in [0.25, 0.3) is 0 Å². The van der Waals surface area contributed by atoms with Crippen LogP contribution in [-0.2, 0) is 19.4 Å². The molecule has 98 valence electrons. The first-order valence-corrected chi connectivity index (χ1v) is 6.34. The van der Waals surface area contributed by atoms with Gasteiger partial charge in [0.1, 0.15) is 17.4 Å². The zero-order valence-corrected chi connectivity index (χ0v) is 11.1. The smallest absolute Gasteiger partial charge is 0.167 e. The van der Waals surface area contributed by atoms with Crippen molar-refractivity contribution in [3.8, 4) is 6.07 Å². The van der Waals surface area contributed by atoms with E-state index < -0.39 is 0 Å². The number of furan rings is 1. The van der Waals surface area contributed by atoms with Gasteiger partial charge in [-0.05, 0) is 30.5 Å². The van der Waals surface area contributed by atoms with E-state index in [0.717, 1.165) is 29.9 Å². The van der Waals surface area contributed by atoms with Gasteiger partial charge in [0, 0.05) is 0 Å². The van der Waals surface area contributed by atoms with Gasteiger partial charge in [-0.1, -0.05) is 13.8 Å². The second kappa shape index (κ2) is 6.01. The van der Waals surface area contributed by atoms with E-state index in [9.17, 15) is 5.26 Å². The molecule has 0 bridgehead atoms. The third-order valence-electron chi connectivity index (χ3n) is 2.97. The molecule has 0 unspecified atom stereocenters. The normalized spacial score (nSPS) is 10.2. The highest BCUT2D eigenvalue weighted by Gasteiger charge is 2.14. The number of hydrogen-bond donors (Lipinski definition) is 1. The first-order chi connectivity index (χ1) is 9.30. The zero-order valence-electron chi connectivity index (χ0n) is 11.1. The first kappa shape index (κ1) is 13.1. The predicted molar refractivity (Wildman–Crippen MR) is 71.5 cm³/mol. The van der Waals surface area contributed by atoms with Crippen LogP contribution in [-0.4, -0.2) is 10.2 Å². The standard InChI is InChI=1S/C14H16N4O/c1-3-11-12(8-15)14(18-17-13(11)4-2)16-9-10-6-5-7-19-10/h5-7H,3-4,9H2,1-2H3,(H,16,18). The van der Waals surface area contributed by atoms with E-state index in [1.54, 1.807) is 6.26 Å². The molecular formula is C14H16N4O. The van der Waals surface area contributed by atoms with Crippen LogP contribution < -0.4 is 5.32 Å². The molecule has 0 saturated carbocycles. The lowest BCUT2D eigenvalue weighted by molar-refractivity contribution is 0.517. The van der Waals surface area contributed by atoms with Crippen LogP contribution in [0.4, 0.5) is 5.82 Å². The van der Waals surface area contributed by atoms with Gasteiger partial charge in [0.2, 0.25) is 0 Å². The minimum atomic E-state index is 0.491. The van der Waals surface area contributed by atoms with Crippen LogP contribution in [0.3, 0.4) is 0 Å². The van der Waals surface area contributed by atoms with Gasteiger partial charge in [-0.2, -0.15) is 10.4 Å². The van der Waals surface area contributed by atoms with Crippen LogP contribution in [0.15, 0.2) is 22.8 Å². The predicted octanol–water partition coefficient (Wildman–Crippen LogP) is 2.68. The molecule has 2 heterocycles. The van der Waals surface area contributed by atoms with Crippen LogP contribution in [0.5, 0.6) is 0 Å². The van der Waals surface area contributed by atoms with Crippen molar-refractivity contribution in [2.45, 2.75) is 33.2 Å². The monoisotopic (exact) mass is 256 g/mol. The van der Waals surface area contributed by atoms with Crippen molar-refractivity contribution in [3.05, 3.63) is 41.0 Å². The molecule has 0 radical (unpaired) electrons. The maximum Gasteiger partial charge on any atom is 0.167 e. The van der Waals surface area contributed by atoms with Gasteiger partial charge in [0.05, 0.1) is 18.5 Å². The van der Waals surface area contributed by atoms with Gasteiger partial charge in [-0.15, -0.1) is 5.10 Å². The molecule has 0 aliphatic rings. The molecule has 2 aromatic heterocycles. The number of nitriles is 1. The summed E-state index contributed by atoms with van der Waals surface area (Å²) in [7, 11) is 0. The molecule has 0 spiro atoms. The molecule has 0 aromatic carbocycles. The molecule has 0 aliphatic carbocycles. The number of hydrogen-bond acceptors (Lipinski definition) is 5. The van der Waals surface area contributed by atoms with Crippen LogP contribution in [0, 0.1) is 11.3 Å². The average Bonchev–Trinajstić information content (AvgIpc) is 2.96. The molecule has 0 fully saturated rings. The van der Waals surface area contributed by atoms with Gasteiger partial charge in [0.15, 0.2) is 5.82 Å². The van der Waals surface area contributed by atoms with Gasteiger partial charge < -0.3 is 9.73 Å². The molecule has 0 amide bonds. The van der Waals surface area contributed by atoms with Crippen LogP contribution in [0.2, 0.25) is 0 Å². The molecule has 2 aromatic rings. The Balaban J connectivity index is 2.28. The molecule has 2 rings (SSSR count). The highest BCUT2D eigenvalue weighted by atomic mass is 16.3. The molecule has 5 heteroatoms. The van der Waals surface area contributed by atoms with E-state index in [0.29, 0.717) is 17.9 Å². The Hall–Kier alpha value is -2.35. The molecule has 0 saturated heterocycles. The van der Waals surface area contributed by atoms with E-state index in [1.807, 2.05) is 26.0 Å². The average molecular weight is 256 g/mol. The zero-order chi connectivity index (χ0) is 13.7. The fourth-order valence-corrected chi connectivity index (χ4v) is 2.00. The van der Waals surface area contributed by atoms with Gasteiger partial charge >= 0.3 is 0 Å². The van der Waals surface area contributed by atoms with E-state index >= 15 is 0 Å². The number of aryl methyl sites for hydroxylation is 1. The van der Waals surface area contributed by atoms with Crippen molar-refractivity contribution in [1.29, 1.82) is 5.26 Å². The molecule has 5 nitrogen and oxygen atoms in total. The summed E-state index contributed by atoms with van der Waals surface area (Å²) in [5.74, 6) is 1.32. The van der Waals surface area contributed by atoms with E-state index in [4.69, 9.17) is 4.42 Å². The summed E-state index contributed by atoms with van der Waals surface area (Å²) >= 11 is 0. The number of aromatic nitrogens is 2. The quantitative estimate of drug-likeness (QED) is 0.890. The number of nitrogens with one attached hydrogen (secondary N) is 1. The van der Waals surface area contributed by atoms with Crippen LogP contribution in [0.1, 0.15) is 36.4 Å². The summed E-state index contributed by atoms with van der Waals surface area (Å²) in [5.41, 5.74) is 2.45. The topological polar surface area (TPSA) is 74.7 Å². The minimum Gasteiger partial charge on any atom is -0.467 e. The Morgan fingerprint density at radius 1 is 1.32 bits per heavy atom. The Kier molecular flexibility index (Phi) is 4.14. The third-order valence-corrected chi connectivity index (χ3v) is 2.97. The lowest BCUT2D eigenvalue weighted by atomic mass is 10.0. The number of rotatable bonds is 5. The van der Waals surface area contributed by atoms with Crippen molar-refractivity contribution in [3.63, 3.8) is 0 Å². The fourth-order valence-electron chi connectivity index (χ4n) is 2.00.